The SMILES string of the molecule is COc1cccc(NC(=O)c2cnc(NC3CCS(=O)(=O)C3)nc2)c1. The third kappa shape index (κ3) is 4.44. The minimum absolute atomic E-state index is 0.0778. The maximum Gasteiger partial charge on any atom is 0.258 e. The molecule has 1 unspecified atom stereocenters. The first-order chi connectivity index (χ1) is 11.9. The molecule has 0 spiro atoms. The average molecular weight is 362 g/mol. The van der Waals surface area contributed by atoms with Crippen LogP contribution in [0.2, 0.25) is 0 Å². The molecule has 1 aliphatic rings. The second kappa shape index (κ2) is 7.06. The number of nitrogens with one attached hydrogen (secondary N) is 2. The number of benzene rings is 1. The molecule has 0 saturated carbocycles. The van der Waals surface area contributed by atoms with Gasteiger partial charge in [-0.15, -0.1) is 0 Å². The summed E-state index contributed by atoms with van der Waals surface area (Å²) in [4.78, 5) is 20.4. The second-order valence-corrected chi connectivity index (χ2v) is 7.95. The molecule has 1 aliphatic heterocycles. The molecule has 132 valence electrons. The smallest absolute Gasteiger partial charge is 0.258 e. The Morgan fingerprint density at radius 3 is 2.68 bits per heavy atom. The van der Waals surface area contributed by atoms with Crippen LogP contribution in [-0.4, -0.2) is 49.0 Å². The molecule has 2 aromatic rings. The summed E-state index contributed by atoms with van der Waals surface area (Å²) in [6.07, 6.45) is 3.33. The van der Waals surface area contributed by atoms with Gasteiger partial charge in [0.05, 0.1) is 24.2 Å². The maximum absolute atomic E-state index is 12.2. The molecular weight excluding hydrogens is 344 g/mol. The van der Waals surface area contributed by atoms with Gasteiger partial charge in [-0.05, 0) is 18.6 Å². The molecule has 25 heavy (non-hydrogen) atoms. The molecule has 8 nitrogen and oxygen atoms in total. The van der Waals surface area contributed by atoms with Crippen molar-refractivity contribution < 1.29 is 17.9 Å². The topological polar surface area (TPSA) is 110 Å². The van der Waals surface area contributed by atoms with Crippen LogP contribution in [0.15, 0.2) is 36.7 Å². The minimum atomic E-state index is -2.97. The number of carbonyl (C=O) groups excluding carboxylic acids is 1. The lowest BCUT2D eigenvalue weighted by atomic mass is 10.2. The van der Waals surface area contributed by atoms with Crippen molar-refractivity contribution in [2.45, 2.75) is 12.5 Å². The molecule has 1 saturated heterocycles. The fraction of sp³-hybridized carbons (Fsp3) is 0.312. The van der Waals surface area contributed by atoms with E-state index in [9.17, 15) is 13.2 Å². The van der Waals surface area contributed by atoms with Gasteiger partial charge < -0.3 is 15.4 Å². The van der Waals surface area contributed by atoms with Crippen LogP contribution in [0.4, 0.5) is 11.6 Å². The summed E-state index contributed by atoms with van der Waals surface area (Å²) in [6, 6.07) is 6.81. The van der Waals surface area contributed by atoms with Gasteiger partial charge in [0.1, 0.15) is 5.75 Å². The predicted molar refractivity (Wildman–Crippen MR) is 93.7 cm³/mol. The lowest BCUT2D eigenvalue weighted by Gasteiger charge is -2.11. The van der Waals surface area contributed by atoms with Crippen molar-refractivity contribution in [1.82, 2.24) is 9.97 Å². The van der Waals surface area contributed by atoms with E-state index in [1.165, 1.54) is 12.4 Å². The van der Waals surface area contributed by atoms with Gasteiger partial charge in [-0.25, -0.2) is 18.4 Å². The normalized spacial score (nSPS) is 18.5. The number of rotatable bonds is 5. The maximum atomic E-state index is 12.2. The van der Waals surface area contributed by atoms with Gasteiger partial charge in [-0.2, -0.15) is 0 Å². The highest BCUT2D eigenvalue weighted by molar-refractivity contribution is 7.91. The Bertz CT molecular complexity index is 868. The first-order valence-corrected chi connectivity index (χ1v) is 9.52. The summed E-state index contributed by atoms with van der Waals surface area (Å²) in [6.45, 7) is 0. The number of ether oxygens (including phenoxy) is 1. The lowest BCUT2D eigenvalue weighted by molar-refractivity contribution is 0.102. The van der Waals surface area contributed by atoms with E-state index < -0.39 is 9.84 Å². The molecule has 0 radical (unpaired) electrons. The second-order valence-electron chi connectivity index (χ2n) is 5.73. The van der Waals surface area contributed by atoms with Crippen LogP contribution < -0.4 is 15.4 Å². The van der Waals surface area contributed by atoms with Crippen molar-refractivity contribution in [3.63, 3.8) is 0 Å². The van der Waals surface area contributed by atoms with Crippen molar-refractivity contribution in [2.24, 2.45) is 0 Å². The Hall–Kier alpha value is -2.68. The molecule has 9 heteroatoms. The number of carbonyl (C=O) groups is 1. The van der Waals surface area contributed by atoms with Crippen LogP contribution in [0.3, 0.4) is 0 Å². The largest absolute Gasteiger partial charge is 0.497 e. The molecular formula is C16H18N4O4S. The zero-order chi connectivity index (χ0) is 17.9. The molecule has 0 aliphatic carbocycles. The number of hydrogen-bond acceptors (Lipinski definition) is 7. The van der Waals surface area contributed by atoms with E-state index >= 15 is 0 Å². The van der Waals surface area contributed by atoms with E-state index in [-0.39, 0.29) is 23.5 Å². The Balaban J connectivity index is 1.62. The van der Waals surface area contributed by atoms with Crippen LogP contribution in [0, 0.1) is 0 Å². The third-order valence-corrected chi connectivity index (χ3v) is 5.58. The number of hydrogen-bond donors (Lipinski definition) is 2. The van der Waals surface area contributed by atoms with Gasteiger partial charge in [0.15, 0.2) is 9.84 Å². The molecule has 1 fully saturated rings. The van der Waals surface area contributed by atoms with Crippen LogP contribution in [0.5, 0.6) is 5.75 Å². The van der Waals surface area contributed by atoms with Crippen molar-refractivity contribution in [2.75, 3.05) is 29.2 Å². The van der Waals surface area contributed by atoms with Crippen molar-refractivity contribution in [1.29, 1.82) is 0 Å². The molecule has 2 N–H and O–H groups in total. The average Bonchev–Trinajstić information content (AvgIpc) is 2.94. The summed E-state index contributed by atoms with van der Waals surface area (Å²) in [5, 5.41) is 5.72. The summed E-state index contributed by atoms with van der Waals surface area (Å²) in [5.74, 6) is 0.850. The van der Waals surface area contributed by atoms with E-state index in [4.69, 9.17) is 4.74 Å². The van der Waals surface area contributed by atoms with E-state index in [0.29, 0.717) is 29.4 Å². The first kappa shape index (κ1) is 17.2. The van der Waals surface area contributed by atoms with E-state index in [1.807, 2.05) is 0 Å². The molecule has 3 rings (SSSR count). The number of sulfone groups is 1. The molecule has 1 aromatic carbocycles. The van der Waals surface area contributed by atoms with Gasteiger partial charge in [0.25, 0.3) is 5.91 Å². The fourth-order valence-electron chi connectivity index (χ4n) is 2.52. The summed E-state index contributed by atoms with van der Waals surface area (Å²) in [5.41, 5.74) is 0.898. The van der Waals surface area contributed by atoms with Crippen LogP contribution in [0.25, 0.3) is 0 Å². The molecule has 0 bridgehead atoms. The van der Waals surface area contributed by atoms with Crippen molar-refractivity contribution >= 4 is 27.4 Å². The minimum Gasteiger partial charge on any atom is -0.497 e. The van der Waals surface area contributed by atoms with Gasteiger partial charge in [-0.1, -0.05) is 6.07 Å². The third-order valence-electron chi connectivity index (χ3n) is 3.81. The number of amides is 1. The zero-order valence-corrected chi connectivity index (χ0v) is 14.4. The number of methoxy groups -OCH3 is 1. The van der Waals surface area contributed by atoms with Crippen molar-refractivity contribution in [3.05, 3.63) is 42.2 Å². The van der Waals surface area contributed by atoms with E-state index in [1.54, 1.807) is 31.4 Å². The van der Waals surface area contributed by atoms with Crippen LogP contribution in [0.1, 0.15) is 16.8 Å². The lowest BCUT2D eigenvalue weighted by Crippen LogP contribution is -2.22. The Morgan fingerprint density at radius 2 is 2.04 bits per heavy atom. The van der Waals surface area contributed by atoms with Gasteiger partial charge in [0, 0.05) is 30.2 Å². The summed E-state index contributed by atoms with van der Waals surface area (Å²) >= 11 is 0. The highest BCUT2D eigenvalue weighted by Crippen LogP contribution is 2.18. The van der Waals surface area contributed by atoms with Crippen molar-refractivity contribution in [3.8, 4) is 5.75 Å². The zero-order valence-electron chi connectivity index (χ0n) is 13.6. The summed E-state index contributed by atoms with van der Waals surface area (Å²) in [7, 11) is -1.42. The Morgan fingerprint density at radius 1 is 1.28 bits per heavy atom. The van der Waals surface area contributed by atoms with Gasteiger partial charge in [-0.3, -0.25) is 4.79 Å². The molecule has 2 heterocycles. The molecule has 1 aromatic heterocycles. The monoisotopic (exact) mass is 362 g/mol. The summed E-state index contributed by atoms with van der Waals surface area (Å²) < 4.78 is 28.0. The quantitative estimate of drug-likeness (QED) is 0.826. The van der Waals surface area contributed by atoms with Gasteiger partial charge in [0.2, 0.25) is 5.95 Å². The highest BCUT2D eigenvalue weighted by atomic mass is 32.2. The van der Waals surface area contributed by atoms with Gasteiger partial charge >= 0.3 is 0 Å². The standard InChI is InChI=1S/C16H18N4O4S/c1-24-14-4-2-3-12(7-14)19-15(21)11-8-17-16(18-9-11)20-13-5-6-25(22,23)10-13/h2-4,7-9,13H,5-6,10H2,1H3,(H,19,21)(H,17,18,20). The van der Waals surface area contributed by atoms with Crippen LogP contribution >= 0.6 is 0 Å². The predicted octanol–water partition coefficient (Wildman–Crippen LogP) is 1.34. The molecule has 1 atom stereocenters. The number of aromatic nitrogens is 2. The number of nitrogens with zero attached hydrogens (tertiary/aromatic N) is 2. The molecule has 1 amide bonds. The first-order valence-electron chi connectivity index (χ1n) is 7.69. The fourth-order valence-corrected chi connectivity index (χ4v) is 4.19. The highest BCUT2D eigenvalue weighted by Gasteiger charge is 2.28. The van der Waals surface area contributed by atoms with E-state index in [2.05, 4.69) is 20.6 Å². The van der Waals surface area contributed by atoms with Crippen LogP contribution in [-0.2, 0) is 9.84 Å². The number of anilines is 2. The Kier molecular flexibility index (Phi) is 4.84. The Labute approximate surface area is 145 Å². The van der Waals surface area contributed by atoms with E-state index in [0.717, 1.165) is 0 Å².